The Kier molecular flexibility index (Phi) is 9.81. The minimum absolute atomic E-state index is 0.159. The second kappa shape index (κ2) is 13.5. The van der Waals surface area contributed by atoms with Crippen molar-refractivity contribution in [2.24, 2.45) is 0 Å². The molecule has 2 aliphatic rings. The lowest BCUT2D eigenvalue weighted by Gasteiger charge is -2.48. The average molecular weight is 655 g/mol. The molecular weight excluding hydrogens is 618 g/mol. The van der Waals surface area contributed by atoms with Gasteiger partial charge in [-0.2, -0.15) is 8.78 Å². The fourth-order valence-electron chi connectivity index (χ4n) is 6.15. The predicted octanol–water partition coefficient (Wildman–Crippen LogP) is 6.61. The topological polar surface area (TPSA) is 105 Å². The predicted molar refractivity (Wildman–Crippen MR) is 167 cm³/mol. The summed E-state index contributed by atoms with van der Waals surface area (Å²) in [6, 6.07) is 17.5. The van der Waals surface area contributed by atoms with Gasteiger partial charge >= 0.3 is 11.9 Å². The van der Waals surface area contributed by atoms with E-state index in [1.54, 1.807) is 53.4 Å². The maximum absolute atomic E-state index is 14.7. The van der Waals surface area contributed by atoms with Crippen molar-refractivity contribution in [3.8, 4) is 0 Å². The quantitative estimate of drug-likeness (QED) is 0.209. The van der Waals surface area contributed by atoms with Gasteiger partial charge in [-0.25, -0.2) is 10.3 Å². The Hall–Kier alpha value is -3.86. The number of amides is 2. The fraction of sp³-hybridized carbons (Fsp3) is 0.400. The molecule has 4 atom stereocenters. The van der Waals surface area contributed by atoms with Crippen molar-refractivity contribution in [3.05, 3.63) is 106 Å². The number of ether oxygens (including phenoxy) is 1. The van der Waals surface area contributed by atoms with E-state index >= 15 is 0 Å². The molecule has 46 heavy (non-hydrogen) atoms. The first-order valence-electron chi connectivity index (χ1n) is 15.3. The van der Waals surface area contributed by atoms with Crippen molar-refractivity contribution in [1.82, 2.24) is 10.4 Å². The number of hydrogen-bond acceptors (Lipinski definition) is 6. The number of nitrogens with one attached hydrogen (secondary N) is 1. The minimum atomic E-state index is -3.85. The SMILES string of the molecule is CC(C)(C)OC(=O)C(F)(F)c1ccc(CONC(=O)[C@@H]2c3ccccc3C(=O)N([C@H]3CCCC[C@@H]3O)[C@H]2c2ccc(Cl)cc2)cc1. The molecule has 1 fully saturated rings. The molecule has 3 aromatic carbocycles. The van der Waals surface area contributed by atoms with Gasteiger partial charge < -0.3 is 14.7 Å². The third-order valence-electron chi connectivity index (χ3n) is 8.30. The van der Waals surface area contributed by atoms with Crippen molar-refractivity contribution in [3.63, 3.8) is 0 Å². The molecule has 2 N–H and O–H groups in total. The number of carbonyl (C=O) groups excluding carboxylic acids is 3. The van der Waals surface area contributed by atoms with Crippen molar-refractivity contribution in [1.29, 1.82) is 0 Å². The van der Waals surface area contributed by atoms with Gasteiger partial charge in [0.05, 0.1) is 30.7 Å². The van der Waals surface area contributed by atoms with Crippen LogP contribution in [0.5, 0.6) is 0 Å². The highest BCUT2D eigenvalue weighted by molar-refractivity contribution is 6.30. The molecule has 1 aliphatic carbocycles. The summed E-state index contributed by atoms with van der Waals surface area (Å²) in [7, 11) is 0. The smallest absolute Gasteiger partial charge is 0.382 e. The number of aliphatic hydroxyl groups excluding tert-OH is 1. The molecule has 0 bridgehead atoms. The van der Waals surface area contributed by atoms with Gasteiger partial charge in [0.2, 0.25) is 0 Å². The summed E-state index contributed by atoms with van der Waals surface area (Å²) in [4.78, 5) is 47.3. The van der Waals surface area contributed by atoms with Gasteiger partial charge in [-0.05, 0) is 68.5 Å². The van der Waals surface area contributed by atoms with Crippen LogP contribution in [0.4, 0.5) is 8.78 Å². The van der Waals surface area contributed by atoms with Crippen LogP contribution in [-0.4, -0.2) is 45.5 Å². The number of aliphatic hydroxyl groups is 1. The zero-order valence-electron chi connectivity index (χ0n) is 25.8. The van der Waals surface area contributed by atoms with E-state index in [1.807, 2.05) is 0 Å². The molecule has 1 aliphatic heterocycles. The first-order valence-corrected chi connectivity index (χ1v) is 15.6. The second-order valence-electron chi connectivity index (χ2n) is 12.7. The standard InChI is InChI=1S/C35H37ClF2N2O6/c1-34(2,3)46-33(44)35(37,38)23-16-12-21(13-17-23)20-45-39-31(42)29-25-8-4-5-9-26(25)32(43)40(27-10-6-7-11-28(27)41)30(29)22-14-18-24(36)19-15-22/h4-5,8-9,12-19,27-30,41H,6-7,10-11,20H2,1-3H3,(H,39,42)/t27-,28-,29+,30-/m0/s1. The zero-order chi connectivity index (χ0) is 33.2. The summed E-state index contributed by atoms with van der Waals surface area (Å²) in [5.74, 6) is -7.19. The van der Waals surface area contributed by atoms with E-state index < -0.39 is 53.1 Å². The minimum Gasteiger partial charge on any atom is -0.455 e. The summed E-state index contributed by atoms with van der Waals surface area (Å²) in [5.41, 5.74) is 2.92. The molecule has 0 radical (unpaired) electrons. The van der Waals surface area contributed by atoms with Crippen LogP contribution in [0, 0.1) is 0 Å². The van der Waals surface area contributed by atoms with Crippen LogP contribution in [0.15, 0.2) is 72.8 Å². The number of nitrogens with zero attached hydrogens (tertiary/aromatic N) is 1. The number of hydrogen-bond donors (Lipinski definition) is 2. The Morgan fingerprint density at radius 2 is 1.63 bits per heavy atom. The Balaban J connectivity index is 1.38. The van der Waals surface area contributed by atoms with Gasteiger partial charge in [0, 0.05) is 16.1 Å². The van der Waals surface area contributed by atoms with Gasteiger partial charge in [0.1, 0.15) is 5.60 Å². The fourth-order valence-corrected chi connectivity index (χ4v) is 6.28. The number of rotatable bonds is 8. The maximum atomic E-state index is 14.7. The molecule has 3 aromatic rings. The van der Waals surface area contributed by atoms with Gasteiger partial charge in [-0.3, -0.25) is 14.4 Å². The maximum Gasteiger partial charge on any atom is 0.382 e. The molecule has 2 amide bonds. The molecule has 0 saturated heterocycles. The van der Waals surface area contributed by atoms with Gasteiger partial charge in [0.25, 0.3) is 11.8 Å². The highest BCUT2D eigenvalue weighted by atomic mass is 35.5. The molecular formula is C35H37ClF2N2O6. The number of benzene rings is 3. The monoisotopic (exact) mass is 654 g/mol. The molecule has 8 nitrogen and oxygen atoms in total. The lowest BCUT2D eigenvalue weighted by atomic mass is 9.77. The van der Waals surface area contributed by atoms with E-state index in [4.69, 9.17) is 21.2 Å². The summed E-state index contributed by atoms with van der Waals surface area (Å²) in [6.07, 6.45) is 2.07. The van der Waals surface area contributed by atoms with Crippen LogP contribution in [0.3, 0.4) is 0 Å². The first kappa shape index (κ1) is 33.5. The number of carbonyl (C=O) groups is 3. The highest BCUT2D eigenvalue weighted by Gasteiger charge is 2.48. The molecule has 1 saturated carbocycles. The normalized spacial score (nSPS) is 21.8. The lowest BCUT2D eigenvalue weighted by molar-refractivity contribution is -0.185. The molecule has 0 aromatic heterocycles. The van der Waals surface area contributed by atoms with E-state index in [0.717, 1.165) is 25.0 Å². The Labute approximate surface area is 271 Å². The number of fused-ring (bicyclic) bond motifs is 1. The molecule has 11 heteroatoms. The summed E-state index contributed by atoms with van der Waals surface area (Å²) in [6.45, 7) is 4.37. The van der Waals surface area contributed by atoms with E-state index in [2.05, 4.69) is 5.48 Å². The van der Waals surface area contributed by atoms with Crippen LogP contribution in [0.25, 0.3) is 0 Å². The molecule has 5 rings (SSSR count). The van der Waals surface area contributed by atoms with Crippen molar-refractivity contribution in [2.45, 2.75) is 88.7 Å². The van der Waals surface area contributed by atoms with Crippen molar-refractivity contribution >= 4 is 29.4 Å². The summed E-state index contributed by atoms with van der Waals surface area (Å²) < 4.78 is 34.3. The van der Waals surface area contributed by atoms with Crippen LogP contribution >= 0.6 is 11.6 Å². The average Bonchev–Trinajstić information content (AvgIpc) is 3.01. The van der Waals surface area contributed by atoms with Gasteiger partial charge in [-0.1, -0.05) is 79.0 Å². The van der Waals surface area contributed by atoms with Crippen LogP contribution in [0.1, 0.15) is 91.0 Å². The molecule has 1 heterocycles. The lowest BCUT2D eigenvalue weighted by Crippen LogP contribution is -2.55. The zero-order valence-corrected chi connectivity index (χ0v) is 26.6. The van der Waals surface area contributed by atoms with Gasteiger partial charge in [0.15, 0.2) is 0 Å². The third kappa shape index (κ3) is 7.09. The van der Waals surface area contributed by atoms with E-state index in [0.29, 0.717) is 40.1 Å². The van der Waals surface area contributed by atoms with E-state index in [9.17, 15) is 28.3 Å². The first-order chi connectivity index (χ1) is 21.8. The number of hydroxylamine groups is 1. The van der Waals surface area contributed by atoms with Gasteiger partial charge in [-0.15, -0.1) is 0 Å². The number of alkyl halides is 2. The van der Waals surface area contributed by atoms with E-state index in [-0.39, 0.29) is 12.5 Å². The van der Waals surface area contributed by atoms with Crippen molar-refractivity contribution < 1.29 is 37.8 Å². The number of esters is 1. The Bertz CT molecular complexity index is 1580. The van der Waals surface area contributed by atoms with E-state index in [1.165, 1.54) is 32.9 Å². The highest BCUT2D eigenvalue weighted by Crippen LogP contribution is 2.46. The molecule has 0 unspecified atom stereocenters. The van der Waals surface area contributed by atoms with Crippen molar-refractivity contribution in [2.75, 3.05) is 0 Å². The Morgan fingerprint density at radius 3 is 2.28 bits per heavy atom. The largest absolute Gasteiger partial charge is 0.455 e. The van der Waals surface area contributed by atoms with Crippen LogP contribution in [0.2, 0.25) is 5.02 Å². The molecule has 0 spiro atoms. The number of halogens is 3. The summed E-state index contributed by atoms with van der Waals surface area (Å²) in [5, 5.41) is 11.5. The third-order valence-corrected chi connectivity index (χ3v) is 8.56. The van der Waals surface area contributed by atoms with Crippen LogP contribution in [-0.2, 0) is 31.7 Å². The summed E-state index contributed by atoms with van der Waals surface area (Å²) >= 11 is 6.19. The Morgan fingerprint density at radius 1 is 0.978 bits per heavy atom. The molecule has 244 valence electrons. The second-order valence-corrected chi connectivity index (χ2v) is 13.2. The van der Waals surface area contributed by atoms with Crippen LogP contribution < -0.4 is 5.48 Å².